The molecule has 0 spiro atoms. The van der Waals surface area contributed by atoms with Gasteiger partial charge < -0.3 is 14.8 Å². The van der Waals surface area contributed by atoms with Crippen LogP contribution in [-0.2, 0) is 20.9 Å². The zero-order valence-corrected chi connectivity index (χ0v) is 16.1. The molecule has 1 amide bonds. The highest BCUT2D eigenvalue weighted by molar-refractivity contribution is 8.00. The molecule has 2 rings (SSSR count). The van der Waals surface area contributed by atoms with Crippen molar-refractivity contribution in [3.63, 3.8) is 0 Å². The maximum atomic E-state index is 12.0. The van der Waals surface area contributed by atoms with Crippen LogP contribution in [0.4, 0.5) is 0 Å². The lowest BCUT2D eigenvalue weighted by atomic mass is 10.2. The number of thioether (sulfide) groups is 1. The first-order valence-corrected chi connectivity index (χ1v) is 9.23. The average molecular weight is 394 g/mol. The van der Waals surface area contributed by atoms with E-state index in [-0.39, 0.29) is 12.5 Å². The molecule has 0 aliphatic carbocycles. The van der Waals surface area contributed by atoms with Crippen molar-refractivity contribution in [2.24, 2.45) is 0 Å². The Hall–Kier alpha value is -2.18. The van der Waals surface area contributed by atoms with E-state index in [0.29, 0.717) is 17.3 Å². The summed E-state index contributed by atoms with van der Waals surface area (Å²) >= 11 is 7.18. The Morgan fingerprint density at radius 2 is 1.85 bits per heavy atom. The van der Waals surface area contributed by atoms with E-state index in [1.54, 1.807) is 26.2 Å². The fourth-order valence-electron chi connectivity index (χ4n) is 2.11. The molecule has 5 nitrogen and oxygen atoms in total. The van der Waals surface area contributed by atoms with E-state index in [1.807, 2.05) is 36.4 Å². The van der Waals surface area contributed by atoms with Crippen LogP contribution < -0.4 is 10.1 Å². The number of rotatable bonds is 8. The van der Waals surface area contributed by atoms with Crippen LogP contribution >= 0.6 is 23.4 Å². The maximum Gasteiger partial charge on any atom is 0.319 e. The van der Waals surface area contributed by atoms with E-state index in [9.17, 15) is 9.59 Å². The molecule has 2 aromatic carbocycles. The summed E-state index contributed by atoms with van der Waals surface area (Å²) in [6.07, 6.45) is 0. The van der Waals surface area contributed by atoms with Gasteiger partial charge in [-0.05, 0) is 37.3 Å². The van der Waals surface area contributed by atoms with Crippen LogP contribution in [0.5, 0.6) is 5.75 Å². The van der Waals surface area contributed by atoms with Crippen LogP contribution in [0.2, 0.25) is 5.02 Å². The lowest BCUT2D eigenvalue weighted by Crippen LogP contribution is -2.30. The van der Waals surface area contributed by atoms with Gasteiger partial charge in [-0.3, -0.25) is 9.59 Å². The molecule has 0 heterocycles. The summed E-state index contributed by atoms with van der Waals surface area (Å²) in [6, 6.07) is 14.6. The van der Waals surface area contributed by atoms with Gasteiger partial charge in [0.2, 0.25) is 0 Å². The van der Waals surface area contributed by atoms with Gasteiger partial charge in [0.15, 0.2) is 6.61 Å². The molecule has 0 saturated heterocycles. The van der Waals surface area contributed by atoms with E-state index in [1.165, 1.54) is 11.8 Å². The molecular weight excluding hydrogens is 374 g/mol. The molecular formula is C19H20ClNO4S. The largest absolute Gasteiger partial charge is 0.496 e. The van der Waals surface area contributed by atoms with Gasteiger partial charge in [0, 0.05) is 22.0 Å². The predicted octanol–water partition coefficient (Wildman–Crippen LogP) is 3.69. The van der Waals surface area contributed by atoms with Gasteiger partial charge in [0.1, 0.15) is 11.0 Å². The molecule has 0 radical (unpaired) electrons. The Balaban J connectivity index is 1.75. The first kappa shape index (κ1) is 20.1. The van der Waals surface area contributed by atoms with E-state index in [2.05, 4.69) is 5.32 Å². The Bertz CT molecular complexity index is 751. The molecule has 0 aliphatic heterocycles. The maximum absolute atomic E-state index is 12.0. The third-order valence-corrected chi connectivity index (χ3v) is 4.81. The Morgan fingerprint density at radius 3 is 2.54 bits per heavy atom. The number of nitrogens with one attached hydrogen (secondary N) is 1. The van der Waals surface area contributed by atoms with Gasteiger partial charge in [-0.15, -0.1) is 11.8 Å². The van der Waals surface area contributed by atoms with Crippen molar-refractivity contribution in [3.05, 3.63) is 59.1 Å². The van der Waals surface area contributed by atoms with Gasteiger partial charge in [-0.1, -0.05) is 29.8 Å². The minimum absolute atomic E-state index is 0.301. The average Bonchev–Trinajstić information content (AvgIpc) is 2.66. The van der Waals surface area contributed by atoms with Crippen LogP contribution in [0.25, 0.3) is 0 Å². The molecule has 0 aromatic heterocycles. The topological polar surface area (TPSA) is 64.6 Å². The minimum Gasteiger partial charge on any atom is -0.496 e. The molecule has 0 fully saturated rings. The van der Waals surface area contributed by atoms with Crippen LogP contribution in [0.15, 0.2) is 53.4 Å². The van der Waals surface area contributed by atoms with Gasteiger partial charge >= 0.3 is 5.97 Å². The number of halogens is 1. The summed E-state index contributed by atoms with van der Waals surface area (Å²) in [5.41, 5.74) is 0.848. The number of hydrogen-bond donors (Lipinski definition) is 1. The zero-order valence-electron chi connectivity index (χ0n) is 14.5. The second kappa shape index (κ2) is 10.1. The lowest BCUT2D eigenvalue weighted by Gasteiger charge is -2.12. The van der Waals surface area contributed by atoms with E-state index in [0.717, 1.165) is 10.5 Å². The normalized spacial score (nSPS) is 11.5. The molecule has 1 atom stereocenters. The summed E-state index contributed by atoms with van der Waals surface area (Å²) in [7, 11) is 1.57. The Labute approximate surface area is 162 Å². The summed E-state index contributed by atoms with van der Waals surface area (Å²) in [6.45, 7) is 1.71. The van der Waals surface area contributed by atoms with Crippen LogP contribution in [0.3, 0.4) is 0 Å². The fourth-order valence-corrected chi connectivity index (χ4v) is 3.11. The van der Waals surface area contributed by atoms with Gasteiger partial charge in [0.05, 0.1) is 7.11 Å². The number of amides is 1. The molecule has 0 bridgehead atoms. The van der Waals surface area contributed by atoms with Crippen LogP contribution in [0.1, 0.15) is 12.5 Å². The van der Waals surface area contributed by atoms with E-state index in [4.69, 9.17) is 21.1 Å². The molecule has 7 heteroatoms. The first-order chi connectivity index (χ1) is 12.5. The fraction of sp³-hybridized carbons (Fsp3) is 0.263. The molecule has 26 heavy (non-hydrogen) atoms. The number of hydrogen-bond acceptors (Lipinski definition) is 5. The summed E-state index contributed by atoms with van der Waals surface area (Å²) in [4.78, 5) is 24.8. The van der Waals surface area contributed by atoms with Crippen molar-refractivity contribution in [2.75, 3.05) is 13.7 Å². The second-order valence-corrected chi connectivity index (χ2v) is 7.26. The monoisotopic (exact) mass is 393 g/mol. The zero-order chi connectivity index (χ0) is 18.9. The van der Waals surface area contributed by atoms with E-state index < -0.39 is 11.2 Å². The van der Waals surface area contributed by atoms with Crippen molar-refractivity contribution >= 4 is 35.2 Å². The summed E-state index contributed by atoms with van der Waals surface area (Å²) in [5, 5.41) is 2.91. The SMILES string of the molecule is COc1ccccc1CNC(=O)COC(=O)[C@@H](C)Sc1ccc(Cl)cc1. The quantitative estimate of drug-likeness (QED) is 0.547. The Morgan fingerprint density at radius 1 is 1.15 bits per heavy atom. The summed E-state index contributed by atoms with van der Waals surface area (Å²) < 4.78 is 10.3. The number of benzene rings is 2. The first-order valence-electron chi connectivity index (χ1n) is 7.97. The van der Waals surface area contributed by atoms with Crippen LogP contribution in [0, 0.1) is 0 Å². The van der Waals surface area contributed by atoms with Crippen molar-refractivity contribution in [1.29, 1.82) is 0 Å². The molecule has 2 aromatic rings. The molecule has 0 aliphatic rings. The predicted molar refractivity (Wildman–Crippen MR) is 103 cm³/mol. The van der Waals surface area contributed by atoms with Crippen molar-refractivity contribution in [1.82, 2.24) is 5.32 Å². The van der Waals surface area contributed by atoms with Crippen molar-refractivity contribution in [2.45, 2.75) is 23.6 Å². The third kappa shape index (κ3) is 6.28. The van der Waals surface area contributed by atoms with Gasteiger partial charge in [-0.2, -0.15) is 0 Å². The van der Waals surface area contributed by atoms with Crippen LogP contribution in [-0.4, -0.2) is 30.8 Å². The number of esters is 1. The number of ether oxygens (including phenoxy) is 2. The lowest BCUT2D eigenvalue weighted by molar-refractivity contribution is -0.147. The molecule has 0 unspecified atom stereocenters. The molecule has 138 valence electrons. The highest BCUT2D eigenvalue weighted by Gasteiger charge is 2.17. The number of carbonyl (C=O) groups excluding carboxylic acids is 2. The number of methoxy groups -OCH3 is 1. The van der Waals surface area contributed by atoms with Gasteiger partial charge in [0.25, 0.3) is 5.91 Å². The number of para-hydroxylation sites is 1. The standard InChI is InChI=1S/C19H20ClNO4S/c1-13(26-16-9-7-15(20)8-10-16)19(23)25-12-18(22)21-11-14-5-3-4-6-17(14)24-2/h3-10,13H,11-12H2,1-2H3,(H,21,22)/t13-/m1/s1. The van der Waals surface area contributed by atoms with Gasteiger partial charge in [-0.25, -0.2) is 0 Å². The molecule has 1 N–H and O–H groups in total. The summed E-state index contributed by atoms with van der Waals surface area (Å²) in [5.74, 6) is -0.122. The van der Waals surface area contributed by atoms with Crippen molar-refractivity contribution < 1.29 is 19.1 Å². The number of carbonyl (C=O) groups is 2. The van der Waals surface area contributed by atoms with Crippen molar-refractivity contribution in [3.8, 4) is 5.75 Å². The second-order valence-electron chi connectivity index (χ2n) is 5.41. The minimum atomic E-state index is -0.447. The molecule has 0 saturated carbocycles. The highest BCUT2D eigenvalue weighted by atomic mass is 35.5. The third-order valence-electron chi connectivity index (χ3n) is 3.47. The highest BCUT2D eigenvalue weighted by Crippen LogP contribution is 2.25. The van der Waals surface area contributed by atoms with E-state index >= 15 is 0 Å². The Kier molecular flexibility index (Phi) is 7.81. The smallest absolute Gasteiger partial charge is 0.319 e.